The van der Waals surface area contributed by atoms with E-state index < -0.39 is 0 Å². The number of amides is 1. The van der Waals surface area contributed by atoms with Gasteiger partial charge in [0.05, 0.1) is 18.6 Å². The molecule has 0 atom stereocenters. The maximum atomic E-state index is 12.5. The molecule has 3 rings (SSSR count). The quantitative estimate of drug-likeness (QED) is 0.609. The number of carbonyl (C=O) groups is 1. The predicted molar refractivity (Wildman–Crippen MR) is 113 cm³/mol. The lowest BCUT2D eigenvalue weighted by atomic mass is 9.86. The lowest BCUT2D eigenvalue weighted by Gasteiger charge is -2.20. The first kappa shape index (κ1) is 21.1. The molecule has 6 heteroatoms. The topological polar surface area (TPSA) is 64.4 Å². The summed E-state index contributed by atoms with van der Waals surface area (Å²) in [6.45, 7) is 8.77. The third-order valence-corrected chi connectivity index (χ3v) is 5.99. The third kappa shape index (κ3) is 5.45. The van der Waals surface area contributed by atoms with Crippen LogP contribution in [0.4, 0.5) is 5.82 Å². The summed E-state index contributed by atoms with van der Waals surface area (Å²) < 4.78 is 12.4. The van der Waals surface area contributed by atoms with Crippen molar-refractivity contribution < 1.29 is 14.1 Å². The van der Waals surface area contributed by atoms with Crippen LogP contribution in [0.5, 0.6) is 0 Å². The fraction of sp³-hybridized carbons (Fsp3) is 0.545. The maximum absolute atomic E-state index is 12.5. The van der Waals surface area contributed by atoms with E-state index in [1.807, 2.05) is 45.0 Å². The Kier molecular flexibility index (Phi) is 6.30. The van der Waals surface area contributed by atoms with Gasteiger partial charge in [-0.25, -0.2) is 0 Å². The zero-order valence-electron chi connectivity index (χ0n) is 17.1. The van der Waals surface area contributed by atoms with Crippen LogP contribution in [0.1, 0.15) is 70.3 Å². The Balaban J connectivity index is 1.61. The molecule has 0 spiro atoms. The summed E-state index contributed by atoms with van der Waals surface area (Å²) in [6.07, 6.45) is 4.91. The summed E-state index contributed by atoms with van der Waals surface area (Å²) in [7, 11) is 0. The Morgan fingerprint density at radius 2 is 2.00 bits per heavy atom. The highest BCUT2D eigenvalue weighted by Crippen LogP contribution is 2.41. The van der Waals surface area contributed by atoms with Crippen LogP contribution in [-0.4, -0.2) is 16.7 Å². The summed E-state index contributed by atoms with van der Waals surface area (Å²) in [4.78, 5) is 12.5. The molecule has 0 saturated heterocycles. The molecule has 28 heavy (non-hydrogen) atoms. The molecule has 1 N–H and O–H groups in total. The monoisotopic (exact) mass is 448 g/mol. The molecule has 152 valence electrons. The van der Waals surface area contributed by atoms with Gasteiger partial charge in [0.2, 0.25) is 5.91 Å². The van der Waals surface area contributed by atoms with Crippen LogP contribution in [0.25, 0.3) is 0 Å². The number of aromatic nitrogens is 1. The van der Waals surface area contributed by atoms with Gasteiger partial charge >= 0.3 is 0 Å². The van der Waals surface area contributed by atoms with E-state index in [2.05, 4.69) is 33.3 Å². The fourth-order valence-electron chi connectivity index (χ4n) is 3.54. The average molecular weight is 449 g/mol. The molecule has 1 aromatic carbocycles. The number of anilines is 1. The second-order valence-electron chi connectivity index (χ2n) is 8.90. The molecule has 1 aromatic heterocycles. The lowest BCUT2D eigenvalue weighted by Crippen LogP contribution is -2.19. The zero-order valence-corrected chi connectivity index (χ0v) is 18.7. The average Bonchev–Trinajstić information content (AvgIpc) is 3.25. The molecule has 0 bridgehead atoms. The van der Waals surface area contributed by atoms with Gasteiger partial charge in [0, 0.05) is 16.0 Å². The van der Waals surface area contributed by atoms with Crippen LogP contribution in [-0.2, 0) is 28.0 Å². The molecule has 1 heterocycles. The number of hydrogen-bond acceptors (Lipinski definition) is 4. The molecule has 1 amide bonds. The Hall–Kier alpha value is -1.66. The van der Waals surface area contributed by atoms with Gasteiger partial charge in [-0.3, -0.25) is 4.79 Å². The van der Waals surface area contributed by atoms with Crippen molar-refractivity contribution >= 4 is 27.7 Å². The van der Waals surface area contributed by atoms with Crippen molar-refractivity contribution in [2.45, 2.75) is 77.4 Å². The first-order chi connectivity index (χ1) is 13.1. The normalized spacial score (nSPS) is 16.3. The molecular weight excluding hydrogens is 420 g/mol. The van der Waals surface area contributed by atoms with Crippen LogP contribution in [0.3, 0.4) is 0 Å². The molecule has 1 aliphatic rings. The summed E-state index contributed by atoms with van der Waals surface area (Å²) >= 11 is 3.56. The minimum Gasteiger partial charge on any atom is -0.371 e. The van der Waals surface area contributed by atoms with Crippen molar-refractivity contribution in [3.8, 4) is 0 Å². The molecular formula is C22H29BrN2O3. The van der Waals surface area contributed by atoms with E-state index in [4.69, 9.17) is 9.26 Å². The smallest absolute Gasteiger partial charge is 0.230 e. The largest absolute Gasteiger partial charge is 0.371 e. The Morgan fingerprint density at radius 1 is 1.29 bits per heavy atom. The van der Waals surface area contributed by atoms with Crippen molar-refractivity contribution in [1.29, 1.82) is 0 Å². The van der Waals surface area contributed by atoms with Crippen molar-refractivity contribution in [3.05, 3.63) is 45.6 Å². The fourth-order valence-corrected chi connectivity index (χ4v) is 3.90. The number of ether oxygens (including phenoxy) is 1. The highest BCUT2D eigenvalue weighted by molar-refractivity contribution is 9.10. The van der Waals surface area contributed by atoms with Gasteiger partial charge < -0.3 is 14.6 Å². The Labute approximate surface area is 175 Å². The van der Waals surface area contributed by atoms with Gasteiger partial charge in [-0.1, -0.05) is 53.0 Å². The van der Waals surface area contributed by atoms with Crippen molar-refractivity contribution in [2.75, 3.05) is 5.32 Å². The number of rotatable bonds is 6. The van der Waals surface area contributed by atoms with E-state index in [0.29, 0.717) is 12.4 Å². The lowest BCUT2D eigenvalue weighted by molar-refractivity contribution is -0.115. The standard InChI is InChI=1S/C22H29BrN2O3/c1-21(2,3)27-14-16-11-15(7-8-17(16)23)12-20(26)24-19-13-18(28-25-19)22(4)9-5-6-10-22/h7-8,11,13H,5-6,9-10,12,14H2,1-4H3,(H,24,25,26). The SMILES string of the molecule is CC(C)(C)OCc1cc(CC(=O)Nc2cc(C3(C)CCCC3)on2)ccc1Br. The van der Waals surface area contributed by atoms with Crippen LogP contribution in [0.15, 0.2) is 33.3 Å². The van der Waals surface area contributed by atoms with E-state index in [0.717, 1.165) is 34.2 Å². The Morgan fingerprint density at radius 3 is 2.68 bits per heavy atom. The minimum absolute atomic E-state index is 0.0453. The van der Waals surface area contributed by atoms with E-state index in [1.165, 1.54) is 12.8 Å². The second kappa shape index (κ2) is 8.37. The number of nitrogens with one attached hydrogen (secondary N) is 1. The van der Waals surface area contributed by atoms with Gasteiger partial charge in [-0.05, 0) is 50.8 Å². The first-order valence-electron chi connectivity index (χ1n) is 9.83. The first-order valence-corrected chi connectivity index (χ1v) is 10.6. The van der Waals surface area contributed by atoms with Gasteiger partial charge in [0.15, 0.2) is 5.82 Å². The maximum Gasteiger partial charge on any atom is 0.230 e. The van der Waals surface area contributed by atoms with E-state index in [1.54, 1.807) is 0 Å². The summed E-state index contributed by atoms with van der Waals surface area (Å²) in [6, 6.07) is 7.77. The molecule has 0 radical (unpaired) electrons. The summed E-state index contributed by atoms with van der Waals surface area (Å²) in [5.74, 6) is 1.24. The molecule has 2 aromatic rings. The van der Waals surface area contributed by atoms with Crippen LogP contribution >= 0.6 is 15.9 Å². The van der Waals surface area contributed by atoms with Gasteiger partial charge in [0.25, 0.3) is 0 Å². The van der Waals surface area contributed by atoms with E-state index in [-0.39, 0.29) is 23.3 Å². The van der Waals surface area contributed by atoms with Crippen molar-refractivity contribution in [2.24, 2.45) is 0 Å². The van der Waals surface area contributed by atoms with Gasteiger partial charge in [-0.2, -0.15) is 0 Å². The molecule has 1 aliphatic carbocycles. The molecule has 5 nitrogen and oxygen atoms in total. The number of hydrogen-bond donors (Lipinski definition) is 1. The van der Waals surface area contributed by atoms with E-state index in [9.17, 15) is 4.79 Å². The van der Waals surface area contributed by atoms with Crippen LogP contribution in [0.2, 0.25) is 0 Å². The number of benzene rings is 1. The minimum atomic E-state index is -0.215. The third-order valence-electron chi connectivity index (χ3n) is 5.22. The number of halogens is 1. The van der Waals surface area contributed by atoms with Gasteiger partial charge in [0.1, 0.15) is 5.76 Å². The van der Waals surface area contributed by atoms with E-state index >= 15 is 0 Å². The van der Waals surface area contributed by atoms with Crippen LogP contribution in [0, 0.1) is 0 Å². The molecule has 1 saturated carbocycles. The zero-order chi connectivity index (χ0) is 20.4. The highest BCUT2D eigenvalue weighted by Gasteiger charge is 2.34. The molecule has 0 unspecified atom stereocenters. The van der Waals surface area contributed by atoms with Crippen molar-refractivity contribution in [3.63, 3.8) is 0 Å². The number of nitrogens with zero attached hydrogens (tertiary/aromatic N) is 1. The summed E-state index contributed by atoms with van der Waals surface area (Å²) in [5.41, 5.74) is 1.79. The molecule has 1 fully saturated rings. The van der Waals surface area contributed by atoms with Gasteiger partial charge in [-0.15, -0.1) is 0 Å². The summed E-state index contributed by atoms with van der Waals surface area (Å²) in [5, 5.41) is 6.90. The second-order valence-corrected chi connectivity index (χ2v) is 9.75. The highest BCUT2D eigenvalue weighted by atomic mass is 79.9. The van der Waals surface area contributed by atoms with Crippen LogP contribution < -0.4 is 5.32 Å². The predicted octanol–water partition coefficient (Wildman–Crippen LogP) is 5.77. The Bertz CT molecular complexity index is 833. The van der Waals surface area contributed by atoms with Crippen molar-refractivity contribution in [1.82, 2.24) is 5.16 Å². The molecule has 0 aliphatic heterocycles. The number of carbonyl (C=O) groups excluding carboxylic acids is 1.